The van der Waals surface area contributed by atoms with Crippen molar-refractivity contribution < 1.29 is 22.0 Å². The van der Waals surface area contributed by atoms with Gasteiger partial charge in [0.2, 0.25) is 0 Å². The first-order valence-electron chi connectivity index (χ1n) is 10.8. The topological polar surface area (TPSA) is 115 Å². The molecule has 0 unspecified atom stereocenters. The minimum absolute atomic E-state index is 0.000594. The second kappa shape index (κ2) is 8.60. The van der Waals surface area contributed by atoms with Crippen LogP contribution in [-0.2, 0) is 26.5 Å². The molecule has 2 N–H and O–H groups in total. The summed E-state index contributed by atoms with van der Waals surface area (Å²) in [5, 5.41) is 0. The highest BCUT2D eigenvalue weighted by atomic mass is 32.2. The number of amidine groups is 1. The third-order valence-corrected chi connectivity index (χ3v) is 8.95. The summed E-state index contributed by atoms with van der Waals surface area (Å²) in [6.45, 7) is 4.75. The Morgan fingerprint density at radius 2 is 1.83 bits per heavy atom. The Kier molecular flexibility index (Phi) is 6.04. The minimum atomic E-state index is -3.99. The molecule has 0 fully saturated rings. The van der Waals surface area contributed by atoms with Crippen LogP contribution in [0.5, 0.6) is 0 Å². The standard InChI is InChI=1S/C25H24F2N4O3S/c1-15-8-9-29-22(10-15)25(3)23(28)31-24(2,14-35(25,33)34)18-11-16(4-6-19(18)27)12-21(32)20-7-5-17(26)13-30-20/h4-11,13H,12,14H2,1-3H3,(H2,28,31)/t24-,25-/m0/s1. The summed E-state index contributed by atoms with van der Waals surface area (Å²) >= 11 is 0. The number of hydrogen-bond donors (Lipinski definition) is 1. The smallest absolute Gasteiger partial charge is 0.185 e. The van der Waals surface area contributed by atoms with Gasteiger partial charge in [-0.15, -0.1) is 0 Å². The van der Waals surface area contributed by atoms with Gasteiger partial charge in [-0.05, 0) is 68.3 Å². The molecule has 4 rings (SSSR count). The second-order valence-corrected chi connectivity index (χ2v) is 11.4. The number of nitrogens with zero attached hydrogens (tertiary/aromatic N) is 3. The number of rotatable bonds is 5. The van der Waals surface area contributed by atoms with Gasteiger partial charge < -0.3 is 5.73 Å². The molecule has 0 spiro atoms. The van der Waals surface area contributed by atoms with E-state index in [0.717, 1.165) is 23.9 Å². The Labute approximate surface area is 202 Å². The molecule has 0 bridgehead atoms. The molecule has 0 radical (unpaired) electrons. The van der Waals surface area contributed by atoms with Gasteiger partial charge in [0.15, 0.2) is 20.4 Å². The number of carbonyl (C=O) groups excluding carboxylic acids is 1. The molecule has 3 heterocycles. The van der Waals surface area contributed by atoms with Gasteiger partial charge in [-0.3, -0.25) is 19.8 Å². The number of Topliss-reactive ketones (excluding diaryl/α,β-unsaturated/α-hetero) is 1. The van der Waals surface area contributed by atoms with Crippen LogP contribution in [0.1, 0.15) is 46.7 Å². The average Bonchev–Trinajstić information content (AvgIpc) is 2.78. The number of pyridine rings is 2. The highest BCUT2D eigenvalue weighted by Crippen LogP contribution is 2.42. The molecule has 35 heavy (non-hydrogen) atoms. The molecule has 2 atom stereocenters. The zero-order valence-electron chi connectivity index (χ0n) is 19.4. The molecule has 0 saturated carbocycles. The van der Waals surface area contributed by atoms with E-state index in [1.165, 1.54) is 38.2 Å². The third kappa shape index (κ3) is 4.34. The van der Waals surface area contributed by atoms with Crippen molar-refractivity contribution in [1.29, 1.82) is 0 Å². The zero-order valence-corrected chi connectivity index (χ0v) is 20.2. The second-order valence-electron chi connectivity index (χ2n) is 9.06. The fraction of sp³-hybridized carbons (Fsp3) is 0.280. The largest absolute Gasteiger partial charge is 0.386 e. The van der Waals surface area contributed by atoms with Crippen LogP contribution in [0, 0.1) is 18.6 Å². The van der Waals surface area contributed by atoms with Crippen LogP contribution in [0.25, 0.3) is 0 Å². The maximum absolute atomic E-state index is 15.0. The van der Waals surface area contributed by atoms with E-state index >= 15 is 0 Å². The molecule has 0 amide bonds. The predicted molar refractivity (Wildman–Crippen MR) is 128 cm³/mol. The lowest BCUT2D eigenvalue weighted by atomic mass is 9.90. The molecule has 0 aliphatic carbocycles. The van der Waals surface area contributed by atoms with E-state index in [2.05, 4.69) is 15.0 Å². The Balaban J connectivity index is 1.74. The van der Waals surface area contributed by atoms with Crippen LogP contribution >= 0.6 is 0 Å². The highest BCUT2D eigenvalue weighted by molar-refractivity contribution is 7.93. The van der Waals surface area contributed by atoms with Gasteiger partial charge in [0.05, 0.1) is 17.6 Å². The summed E-state index contributed by atoms with van der Waals surface area (Å²) in [6, 6.07) is 9.77. The fourth-order valence-corrected chi connectivity index (χ4v) is 6.26. The minimum Gasteiger partial charge on any atom is -0.386 e. The quantitative estimate of drug-likeness (QED) is 0.539. The molecule has 3 aromatic rings. The van der Waals surface area contributed by atoms with Crippen molar-refractivity contribution in [2.24, 2.45) is 10.7 Å². The van der Waals surface area contributed by atoms with Crippen molar-refractivity contribution in [1.82, 2.24) is 9.97 Å². The number of aromatic nitrogens is 2. The molecule has 7 nitrogen and oxygen atoms in total. The van der Waals surface area contributed by atoms with Gasteiger partial charge in [-0.25, -0.2) is 17.2 Å². The number of aryl methyl sites for hydroxylation is 1. The summed E-state index contributed by atoms with van der Waals surface area (Å²) in [5.41, 5.74) is 6.28. The van der Waals surface area contributed by atoms with Crippen LogP contribution in [0.15, 0.2) is 59.9 Å². The number of carbonyl (C=O) groups is 1. The van der Waals surface area contributed by atoms with Crippen LogP contribution in [0.4, 0.5) is 8.78 Å². The molecule has 0 saturated heterocycles. The van der Waals surface area contributed by atoms with E-state index in [1.54, 1.807) is 12.1 Å². The molecule has 182 valence electrons. The summed E-state index contributed by atoms with van der Waals surface area (Å²) in [7, 11) is -3.99. The lowest BCUT2D eigenvalue weighted by Gasteiger charge is -2.39. The average molecular weight is 499 g/mol. The van der Waals surface area contributed by atoms with E-state index in [0.29, 0.717) is 5.56 Å². The predicted octanol–water partition coefficient (Wildman–Crippen LogP) is 3.40. The molecular formula is C25H24F2N4O3S. The number of ketones is 1. The van der Waals surface area contributed by atoms with Crippen LogP contribution in [-0.4, -0.2) is 35.8 Å². The highest BCUT2D eigenvalue weighted by Gasteiger charge is 2.54. The Bertz CT molecular complexity index is 1460. The van der Waals surface area contributed by atoms with Crippen molar-refractivity contribution in [3.63, 3.8) is 0 Å². The summed E-state index contributed by atoms with van der Waals surface area (Å²) < 4.78 is 53.6. The number of aliphatic imine (C=N–C) groups is 1. The zero-order chi connectivity index (χ0) is 25.6. The van der Waals surface area contributed by atoms with Gasteiger partial charge in [0.1, 0.15) is 28.7 Å². The van der Waals surface area contributed by atoms with Gasteiger partial charge in [0.25, 0.3) is 0 Å². The Morgan fingerprint density at radius 1 is 1.09 bits per heavy atom. The van der Waals surface area contributed by atoms with Crippen molar-refractivity contribution in [3.05, 3.63) is 94.6 Å². The first kappa shape index (κ1) is 24.6. The molecule has 1 aliphatic heterocycles. The van der Waals surface area contributed by atoms with Crippen molar-refractivity contribution >= 4 is 21.5 Å². The molecule has 10 heteroatoms. The normalized spacial score (nSPS) is 23.5. The van der Waals surface area contributed by atoms with Crippen LogP contribution in [0.3, 0.4) is 0 Å². The lowest BCUT2D eigenvalue weighted by molar-refractivity contribution is 0.0988. The number of benzene rings is 1. The molecular weight excluding hydrogens is 474 g/mol. The molecule has 2 aromatic heterocycles. The van der Waals surface area contributed by atoms with Crippen molar-refractivity contribution in [2.75, 3.05) is 5.75 Å². The van der Waals surface area contributed by atoms with Gasteiger partial charge in [-0.1, -0.05) is 6.07 Å². The maximum atomic E-state index is 15.0. The first-order chi connectivity index (χ1) is 16.4. The van der Waals surface area contributed by atoms with E-state index in [4.69, 9.17) is 5.73 Å². The van der Waals surface area contributed by atoms with E-state index in [-0.39, 0.29) is 29.2 Å². The molecule has 1 aliphatic rings. The van der Waals surface area contributed by atoms with E-state index in [1.807, 2.05) is 6.92 Å². The number of halogens is 2. The SMILES string of the molecule is Cc1ccnc([C@@]2(C)C(N)=N[C@](C)(c3cc(CC(=O)c4ccc(F)cn4)ccc3F)CS2(=O)=O)c1. The maximum Gasteiger partial charge on any atom is 0.185 e. The summed E-state index contributed by atoms with van der Waals surface area (Å²) in [4.78, 5) is 25.1. The van der Waals surface area contributed by atoms with E-state index < -0.39 is 43.3 Å². The third-order valence-electron chi connectivity index (χ3n) is 6.34. The van der Waals surface area contributed by atoms with Crippen molar-refractivity contribution in [3.8, 4) is 0 Å². The lowest BCUT2D eigenvalue weighted by Crippen LogP contribution is -2.55. The van der Waals surface area contributed by atoms with Gasteiger partial charge in [-0.2, -0.15) is 0 Å². The summed E-state index contributed by atoms with van der Waals surface area (Å²) in [5.74, 6) is -2.35. The number of nitrogens with two attached hydrogens (primary N) is 1. The van der Waals surface area contributed by atoms with Crippen LogP contribution in [0.2, 0.25) is 0 Å². The Hall–Kier alpha value is -3.53. The Morgan fingerprint density at radius 3 is 2.46 bits per heavy atom. The monoisotopic (exact) mass is 498 g/mol. The van der Waals surface area contributed by atoms with Gasteiger partial charge in [0, 0.05) is 18.2 Å². The number of sulfone groups is 1. The van der Waals surface area contributed by atoms with Crippen molar-refractivity contribution in [2.45, 2.75) is 37.5 Å². The van der Waals surface area contributed by atoms with E-state index in [9.17, 15) is 22.0 Å². The summed E-state index contributed by atoms with van der Waals surface area (Å²) in [6.07, 6.45) is 2.30. The fourth-order valence-electron chi connectivity index (χ4n) is 4.22. The number of hydrogen-bond acceptors (Lipinski definition) is 7. The van der Waals surface area contributed by atoms with Gasteiger partial charge >= 0.3 is 0 Å². The van der Waals surface area contributed by atoms with Crippen LogP contribution < -0.4 is 5.73 Å². The first-order valence-corrected chi connectivity index (χ1v) is 12.5. The molecule has 1 aromatic carbocycles.